The molecular formula is C25H27F2N5O3S. The number of hydrogen-bond acceptors (Lipinski definition) is 7. The molecule has 0 N–H and O–H groups in total. The Morgan fingerprint density at radius 1 is 1.17 bits per heavy atom. The molecule has 2 aromatic heterocycles. The minimum atomic E-state index is -3.16. The van der Waals surface area contributed by atoms with Gasteiger partial charge in [-0.15, -0.1) is 5.10 Å². The third-order valence-electron chi connectivity index (χ3n) is 6.01. The van der Waals surface area contributed by atoms with Crippen molar-refractivity contribution in [2.75, 3.05) is 49.4 Å². The summed E-state index contributed by atoms with van der Waals surface area (Å²) in [4.78, 5) is 20.3. The van der Waals surface area contributed by atoms with Crippen molar-refractivity contribution in [2.45, 2.75) is 24.8 Å². The van der Waals surface area contributed by atoms with E-state index in [-0.39, 0.29) is 5.56 Å². The Kier molecular flexibility index (Phi) is 7.53. The van der Waals surface area contributed by atoms with Crippen molar-refractivity contribution in [3.05, 3.63) is 59.4 Å². The Morgan fingerprint density at radius 2 is 1.89 bits per heavy atom. The van der Waals surface area contributed by atoms with Gasteiger partial charge in [0.05, 0.1) is 18.9 Å². The van der Waals surface area contributed by atoms with Gasteiger partial charge in [-0.3, -0.25) is 9.78 Å². The van der Waals surface area contributed by atoms with Crippen LogP contribution in [0, 0.1) is 6.92 Å². The van der Waals surface area contributed by atoms with E-state index in [1.165, 1.54) is 17.2 Å². The molecule has 11 heteroatoms. The predicted molar refractivity (Wildman–Crippen MR) is 134 cm³/mol. The van der Waals surface area contributed by atoms with E-state index in [4.69, 9.17) is 4.74 Å². The smallest absolute Gasteiger partial charge is 0.286 e. The number of amides is 1. The fourth-order valence-corrected chi connectivity index (χ4v) is 4.59. The number of anilines is 2. The number of morpholine rings is 1. The molecule has 1 fully saturated rings. The lowest BCUT2D eigenvalue weighted by Gasteiger charge is -2.29. The zero-order valence-electron chi connectivity index (χ0n) is 20.5. The van der Waals surface area contributed by atoms with E-state index >= 15 is 0 Å². The molecule has 3 aromatic rings. The summed E-state index contributed by atoms with van der Waals surface area (Å²) in [6, 6.07) is 9.82. The lowest BCUT2D eigenvalue weighted by molar-refractivity contribution is 0.0127. The van der Waals surface area contributed by atoms with Crippen molar-refractivity contribution >= 4 is 28.5 Å². The molecule has 190 valence electrons. The standard InChI is InChI=1S/C25H27F2N5O3S/c1-16-5-6-18(31(3)24(33)17-7-8-28-22(13-17)25(2,26)27)14-19(16)20-15-21(23(30-29-20)36(4)34)32-9-11-35-12-10-32/h5-8,13-15H,9-12H2,1-4H3. The van der Waals surface area contributed by atoms with Crippen molar-refractivity contribution < 1.29 is 22.9 Å². The van der Waals surface area contributed by atoms with Crippen molar-refractivity contribution in [3.8, 4) is 11.3 Å². The maximum absolute atomic E-state index is 13.7. The molecule has 4 rings (SSSR count). The molecule has 36 heavy (non-hydrogen) atoms. The fourth-order valence-electron chi connectivity index (χ4n) is 3.95. The molecule has 1 saturated heterocycles. The number of nitrogens with zero attached hydrogens (tertiary/aromatic N) is 5. The van der Waals surface area contributed by atoms with Gasteiger partial charge in [0.1, 0.15) is 17.6 Å². The van der Waals surface area contributed by atoms with Gasteiger partial charge in [0, 0.05) is 61.2 Å². The SMILES string of the molecule is Cc1ccc(N(C)C(=O)c2ccnc(C(C)(F)F)c2)cc1-c1cc(N2CCOCC2)c([S+](C)[O-])nn1. The maximum Gasteiger partial charge on any atom is 0.286 e. The zero-order valence-corrected chi connectivity index (χ0v) is 21.3. The first-order valence-corrected chi connectivity index (χ1v) is 12.9. The number of aromatic nitrogens is 3. The summed E-state index contributed by atoms with van der Waals surface area (Å²) >= 11 is -1.33. The molecule has 8 nitrogen and oxygen atoms in total. The first kappa shape index (κ1) is 25.9. The Morgan fingerprint density at radius 3 is 2.56 bits per heavy atom. The molecular weight excluding hydrogens is 488 g/mol. The highest BCUT2D eigenvalue weighted by atomic mass is 32.2. The molecule has 0 radical (unpaired) electrons. The fraction of sp³-hybridized carbons (Fsp3) is 0.360. The Bertz CT molecular complexity index is 1260. The van der Waals surface area contributed by atoms with Gasteiger partial charge in [-0.1, -0.05) is 11.2 Å². The normalized spacial score (nSPS) is 15.0. The van der Waals surface area contributed by atoms with Gasteiger partial charge in [-0.2, -0.15) is 8.78 Å². The third-order valence-corrected chi connectivity index (χ3v) is 6.85. The first-order chi connectivity index (χ1) is 17.1. The van der Waals surface area contributed by atoms with Gasteiger partial charge in [0.15, 0.2) is 0 Å². The van der Waals surface area contributed by atoms with Crippen LogP contribution in [-0.4, -0.2) is 65.2 Å². The molecule has 3 heterocycles. The highest BCUT2D eigenvalue weighted by molar-refractivity contribution is 7.90. The monoisotopic (exact) mass is 515 g/mol. The summed E-state index contributed by atoms with van der Waals surface area (Å²) < 4.78 is 45.2. The molecule has 1 aliphatic rings. The van der Waals surface area contributed by atoms with Crippen molar-refractivity contribution in [3.63, 3.8) is 0 Å². The molecule has 1 aliphatic heterocycles. The van der Waals surface area contributed by atoms with Gasteiger partial charge in [-0.25, -0.2) is 0 Å². The number of alkyl halides is 2. The summed E-state index contributed by atoms with van der Waals surface area (Å²) in [6.07, 6.45) is 2.77. The summed E-state index contributed by atoms with van der Waals surface area (Å²) in [7, 11) is 1.58. The number of halogens is 2. The van der Waals surface area contributed by atoms with Gasteiger partial charge in [0.2, 0.25) is 0 Å². The molecule has 0 spiro atoms. The summed E-state index contributed by atoms with van der Waals surface area (Å²) in [6.45, 7) is 5.09. The molecule has 1 amide bonds. The van der Waals surface area contributed by atoms with Crippen molar-refractivity contribution in [1.82, 2.24) is 15.2 Å². The van der Waals surface area contributed by atoms with Crippen LogP contribution in [0.4, 0.5) is 20.2 Å². The van der Waals surface area contributed by atoms with E-state index in [0.29, 0.717) is 42.7 Å². The van der Waals surface area contributed by atoms with Gasteiger partial charge >= 0.3 is 0 Å². The van der Waals surface area contributed by atoms with Crippen LogP contribution in [-0.2, 0) is 21.8 Å². The average Bonchev–Trinajstić information content (AvgIpc) is 2.88. The summed E-state index contributed by atoms with van der Waals surface area (Å²) in [5, 5.41) is 9.01. The minimum Gasteiger partial charge on any atom is -0.610 e. The molecule has 0 aliphatic carbocycles. The Hall–Kier alpha value is -3.15. The van der Waals surface area contributed by atoms with Crippen LogP contribution < -0.4 is 9.80 Å². The molecule has 0 bridgehead atoms. The molecule has 1 atom stereocenters. The van der Waals surface area contributed by atoms with E-state index in [2.05, 4.69) is 20.1 Å². The number of pyridine rings is 1. The van der Waals surface area contributed by atoms with Crippen LogP contribution in [0.5, 0.6) is 0 Å². The molecule has 1 unspecified atom stereocenters. The van der Waals surface area contributed by atoms with Crippen molar-refractivity contribution in [2.24, 2.45) is 0 Å². The summed E-state index contributed by atoms with van der Waals surface area (Å²) in [5.41, 5.74) is 3.16. The predicted octanol–water partition coefficient (Wildman–Crippen LogP) is 3.81. The van der Waals surface area contributed by atoms with Crippen molar-refractivity contribution in [1.29, 1.82) is 0 Å². The number of hydrogen-bond donors (Lipinski definition) is 0. The number of aryl methyl sites for hydroxylation is 1. The first-order valence-electron chi connectivity index (χ1n) is 11.3. The number of carbonyl (C=O) groups is 1. The van der Waals surface area contributed by atoms with E-state index < -0.39 is 28.7 Å². The second-order valence-corrected chi connectivity index (χ2v) is 9.95. The second-order valence-electron chi connectivity index (χ2n) is 8.66. The largest absolute Gasteiger partial charge is 0.610 e. The summed E-state index contributed by atoms with van der Waals surface area (Å²) in [5.74, 6) is -3.61. The quantitative estimate of drug-likeness (QED) is 0.461. The number of benzene rings is 1. The van der Waals surface area contributed by atoms with Crippen LogP contribution in [0.15, 0.2) is 47.6 Å². The van der Waals surface area contributed by atoms with Gasteiger partial charge in [-0.05, 0) is 42.8 Å². The van der Waals surface area contributed by atoms with Crippen LogP contribution in [0.25, 0.3) is 11.3 Å². The number of carbonyl (C=O) groups excluding carboxylic acids is 1. The topological polar surface area (TPSA) is 94.5 Å². The second kappa shape index (κ2) is 10.5. The van der Waals surface area contributed by atoms with Gasteiger partial charge in [0.25, 0.3) is 16.9 Å². The van der Waals surface area contributed by atoms with E-state index in [9.17, 15) is 18.1 Å². The lowest BCUT2D eigenvalue weighted by Crippen LogP contribution is -2.37. The Labute approximate surface area is 211 Å². The highest BCUT2D eigenvalue weighted by Gasteiger charge is 2.28. The third kappa shape index (κ3) is 5.48. The van der Waals surface area contributed by atoms with Crippen LogP contribution in [0.1, 0.15) is 28.5 Å². The number of ether oxygens (including phenoxy) is 1. The highest BCUT2D eigenvalue weighted by Crippen LogP contribution is 2.32. The van der Waals surface area contributed by atoms with Crippen LogP contribution in [0.2, 0.25) is 0 Å². The van der Waals surface area contributed by atoms with E-state index in [0.717, 1.165) is 29.8 Å². The van der Waals surface area contributed by atoms with E-state index in [1.54, 1.807) is 25.4 Å². The molecule has 0 saturated carbocycles. The average molecular weight is 516 g/mol. The zero-order chi connectivity index (χ0) is 26.0. The number of rotatable bonds is 6. The van der Waals surface area contributed by atoms with Crippen LogP contribution >= 0.6 is 0 Å². The van der Waals surface area contributed by atoms with Gasteiger partial charge < -0.3 is 19.1 Å². The van der Waals surface area contributed by atoms with Crippen LogP contribution in [0.3, 0.4) is 0 Å². The van der Waals surface area contributed by atoms with E-state index in [1.807, 2.05) is 19.1 Å². The Balaban J connectivity index is 1.69. The molecule has 1 aromatic carbocycles. The lowest BCUT2D eigenvalue weighted by atomic mass is 10.0. The maximum atomic E-state index is 13.7. The minimum absolute atomic E-state index is 0.107.